The lowest BCUT2D eigenvalue weighted by Crippen LogP contribution is -2.35. The highest BCUT2D eigenvalue weighted by atomic mass is 16.7. The summed E-state index contributed by atoms with van der Waals surface area (Å²) >= 11 is 0. The molecule has 1 amide bonds. The van der Waals surface area contributed by atoms with Gasteiger partial charge in [0.05, 0.1) is 12.1 Å². The maximum atomic E-state index is 12.6. The van der Waals surface area contributed by atoms with Crippen molar-refractivity contribution in [2.24, 2.45) is 4.99 Å². The summed E-state index contributed by atoms with van der Waals surface area (Å²) in [5.74, 6) is 0.930. The van der Waals surface area contributed by atoms with Gasteiger partial charge in [0.15, 0.2) is 11.5 Å². The van der Waals surface area contributed by atoms with Crippen LogP contribution in [0.1, 0.15) is 57.8 Å². The first-order valence-electron chi connectivity index (χ1n) is 10.1. The van der Waals surface area contributed by atoms with Crippen LogP contribution in [-0.4, -0.2) is 55.4 Å². The minimum atomic E-state index is -0.284. The van der Waals surface area contributed by atoms with Crippen LogP contribution in [-0.2, 0) is 4.74 Å². The fourth-order valence-electron chi connectivity index (χ4n) is 2.94. The Kier molecular flexibility index (Phi) is 8.57. The molecule has 1 aromatic carbocycles. The predicted octanol–water partition coefficient (Wildman–Crippen LogP) is 3.44. The van der Waals surface area contributed by atoms with Crippen LogP contribution < -0.4 is 14.8 Å². The summed E-state index contributed by atoms with van der Waals surface area (Å²) in [6.07, 6.45) is 1.90. The molecule has 1 atom stereocenters. The highest BCUT2D eigenvalue weighted by Gasteiger charge is 2.18. The number of amidine groups is 1. The second kappa shape index (κ2) is 10.9. The van der Waals surface area contributed by atoms with Crippen molar-refractivity contribution >= 4 is 11.9 Å². The zero-order valence-corrected chi connectivity index (χ0v) is 17.7. The fraction of sp³-hybridized carbons (Fsp3) is 0.619. The number of rotatable bonds is 9. The van der Waals surface area contributed by atoms with Crippen molar-refractivity contribution < 1.29 is 19.0 Å². The molecule has 156 valence electrons. The third kappa shape index (κ3) is 6.71. The summed E-state index contributed by atoms with van der Waals surface area (Å²) in [6, 6.07) is 5.41. The Morgan fingerprint density at radius 1 is 1.21 bits per heavy atom. The first-order valence-corrected chi connectivity index (χ1v) is 10.1. The van der Waals surface area contributed by atoms with Crippen molar-refractivity contribution in [1.82, 2.24) is 10.2 Å². The number of amides is 1. The maximum Gasteiger partial charge on any atom is 0.292 e. The number of hydrogen-bond donors (Lipinski definition) is 1. The molecule has 0 aromatic heterocycles. The minimum absolute atomic E-state index is 0.0568. The van der Waals surface area contributed by atoms with Crippen molar-refractivity contribution in [3.63, 3.8) is 0 Å². The molecule has 1 N–H and O–H groups in total. The van der Waals surface area contributed by atoms with Crippen LogP contribution in [0.2, 0.25) is 0 Å². The molecule has 28 heavy (non-hydrogen) atoms. The summed E-state index contributed by atoms with van der Waals surface area (Å²) in [6.45, 7) is 13.5. The van der Waals surface area contributed by atoms with E-state index in [1.165, 1.54) is 0 Å². The van der Waals surface area contributed by atoms with Crippen LogP contribution in [0.25, 0.3) is 0 Å². The molecule has 1 heterocycles. The quantitative estimate of drug-likeness (QED) is 0.516. The van der Waals surface area contributed by atoms with Crippen LogP contribution in [0.5, 0.6) is 11.5 Å². The first kappa shape index (κ1) is 22.0. The number of nitrogens with one attached hydrogen (secondary N) is 1. The minimum Gasteiger partial charge on any atom is -0.462 e. The molecule has 1 aromatic rings. The molecule has 1 aliphatic rings. The van der Waals surface area contributed by atoms with Crippen LogP contribution in [0, 0.1) is 0 Å². The maximum absolute atomic E-state index is 12.6. The van der Waals surface area contributed by atoms with Gasteiger partial charge < -0.3 is 19.1 Å². The number of hydrogen-bond acceptors (Lipinski definition) is 6. The van der Waals surface area contributed by atoms with E-state index in [2.05, 4.69) is 29.1 Å². The Balaban J connectivity index is 1.97. The van der Waals surface area contributed by atoms with Crippen molar-refractivity contribution in [3.8, 4) is 11.5 Å². The normalized spacial score (nSPS) is 14.5. The Morgan fingerprint density at radius 3 is 2.61 bits per heavy atom. The van der Waals surface area contributed by atoms with E-state index in [-0.39, 0.29) is 30.9 Å². The average Bonchev–Trinajstić information content (AvgIpc) is 3.12. The lowest BCUT2D eigenvalue weighted by Gasteiger charge is -2.19. The Morgan fingerprint density at radius 2 is 1.93 bits per heavy atom. The Labute approximate surface area is 168 Å². The molecule has 1 aliphatic heterocycles. The smallest absolute Gasteiger partial charge is 0.292 e. The molecule has 0 aliphatic carbocycles. The predicted molar refractivity (Wildman–Crippen MR) is 110 cm³/mol. The highest BCUT2D eigenvalue weighted by molar-refractivity contribution is 6.04. The average molecular weight is 392 g/mol. The number of carbonyl (C=O) groups excluding carboxylic acids is 1. The first-order chi connectivity index (χ1) is 13.4. The van der Waals surface area contributed by atoms with Gasteiger partial charge in [-0.3, -0.25) is 10.1 Å². The highest BCUT2D eigenvalue weighted by Crippen LogP contribution is 2.32. The van der Waals surface area contributed by atoms with E-state index >= 15 is 0 Å². The molecule has 0 saturated carbocycles. The third-order valence-corrected chi connectivity index (χ3v) is 4.53. The molecule has 0 spiro atoms. The molecule has 7 nitrogen and oxygen atoms in total. The van der Waals surface area contributed by atoms with Crippen LogP contribution in [0.3, 0.4) is 0 Å². The van der Waals surface area contributed by atoms with Gasteiger partial charge in [-0.25, -0.2) is 4.99 Å². The van der Waals surface area contributed by atoms with Gasteiger partial charge in [0, 0.05) is 5.56 Å². The number of nitrogens with zero attached hydrogens (tertiary/aromatic N) is 2. The SMILES string of the molecule is CCN(CC)CCC[C@H](C)N=C(NC(=O)c1ccc2c(c1)OCO2)OC(C)C. The van der Waals surface area contributed by atoms with E-state index < -0.39 is 0 Å². The fourth-order valence-corrected chi connectivity index (χ4v) is 2.94. The Hall–Kier alpha value is -2.28. The van der Waals surface area contributed by atoms with E-state index in [1.807, 2.05) is 20.8 Å². The van der Waals surface area contributed by atoms with Crippen LogP contribution in [0.15, 0.2) is 23.2 Å². The molecule has 0 fully saturated rings. The lowest BCUT2D eigenvalue weighted by molar-refractivity contribution is 0.0959. The topological polar surface area (TPSA) is 72.4 Å². The second-order valence-electron chi connectivity index (χ2n) is 7.14. The van der Waals surface area contributed by atoms with E-state index in [0.29, 0.717) is 17.1 Å². The Bertz CT molecular complexity index is 672. The molecular formula is C21H33N3O4. The zero-order valence-electron chi connectivity index (χ0n) is 17.7. The standard InChI is InChI=1S/C21H33N3O4/c1-6-24(7-2)12-8-9-16(5)22-21(28-15(3)4)23-20(25)17-10-11-18-19(13-17)27-14-26-18/h10-11,13,15-16H,6-9,12,14H2,1-5H3,(H,22,23,25)/t16-/m0/s1. The van der Waals surface area contributed by atoms with Crippen LogP contribution >= 0.6 is 0 Å². The van der Waals surface area contributed by atoms with Crippen molar-refractivity contribution in [2.75, 3.05) is 26.4 Å². The summed E-state index contributed by atoms with van der Waals surface area (Å²) in [5.41, 5.74) is 0.471. The summed E-state index contributed by atoms with van der Waals surface area (Å²) in [7, 11) is 0. The molecule has 0 saturated heterocycles. The second-order valence-corrected chi connectivity index (χ2v) is 7.14. The molecule has 2 rings (SSSR count). The molecule has 0 unspecified atom stereocenters. The van der Waals surface area contributed by atoms with Crippen LogP contribution in [0.4, 0.5) is 0 Å². The van der Waals surface area contributed by atoms with E-state index in [1.54, 1.807) is 18.2 Å². The molecular weight excluding hydrogens is 358 g/mol. The van der Waals surface area contributed by atoms with Gasteiger partial charge >= 0.3 is 0 Å². The van der Waals surface area contributed by atoms with Crippen molar-refractivity contribution in [3.05, 3.63) is 23.8 Å². The molecule has 0 radical (unpaired) electrons. The zero-order chi connectivity index (χ0) is 20.5. The summed E-state index contributed by atoms with van der Waals surface area (Å²) in [4.78, 5) is 19.6. The van der Waals surface area contributed by atoms with Gasteiger partial charge in [0.1, 0.15) is 0 Å². The number of ether oxygens (including phenoxy) is 3. The molecule has 7 heteroatoms. The van der Waals surface area contributed by atoms with Gasteiger partial charge in [0.2, 0.25) is 6.79 Å². The van der Waals surface area contributed by atoms with Gasteiger partial charge in [-0.1, -0.05) is 13.8 Å². The van der Waals surface area contributed by atoms with E-state index in [9.17, 15) is 4.79 Å². The van der Waals surface area contributed by atoms with Gasteiger partial charge in [-0.05, 0) is 71.4 Å². The van der Waals surface area contributed by atoms with Gasteiger partial charge in [-0.2, -0.15) is 0 Å². The van der Waals surface area contributed by atoms with Gasteiger partial charge in [-0.15, -0.1) is 0 Å². The van der Waals surface area contributed by atoms with E-state index in [4.69, 9.17) is 14.2 Å². The number of fused-ring (bicyclic) bond motifs is 1. The monoisotopic (exact) mass is 391 g/mol. The third-order valence-electron chi connectivity index (χ3n) is 4.53. The summed E-state index contributed by atoms with van der Waals surface area (Å²) in [5, 5.41) is 2.79. The summed E-state index contributed by atoms with van der Waals surface area (Å²) < 4.78 is 16.3. The molecule has 0 bridgehead atoms. The number of aliphatic imine (C=N–C) groups is 1. The lowest BCUT2D eigenvalue weighted by atomic mass is 10.2. The van der Waals surface area contributed by atoms with E-state index in [0.717, 1.165) is 32.5 Å². The number of carbonyl (C=O) groups is 1. The largest absolute Gasteiger partial charge is 0.462 e. The van der Waals surface area contributed by atoms with Gasteiger partial charge in [0.25, 0.3) is 11.9 Å². The van der Waals surface area contributed by atoms with Crippen molar-refractivity contribution in [2.45, 2.75) is 59.6 Å². The number of benzene rings is 1. The van der Waals surface area contributed by atoms with Crippen molar-refractivity contribution in [1.29, 1.82) is 0 Å².